The molecular weight excluding hydrogens is 302 g/mol. The van der Waals surface area contributed by atoms with Gasteiger partial charge in [-0.05, 0) is 37.0 Å². The van der Waals surface area contributed by atoms with Crippen molar-refractivity contribution >= 4 is 17.4 Å². The number of amides is 2. The topological polar surface area (TPSA) is 44.8 Å². The Kier molecular flexibility index (Phi) is 5.61. The van der Waals surface area contributed by atoms with Gasteiger partial charge in [0.15, 0.2) is 0 Å². The number of urea groups is 1. The Balaban J connectivity index is 1.59. The van der Waals surface area contributed by atoms with Gasteiger partial charge in [-0.25, -0.2) is 4.79 Å². The fraction of sp³-hybridized carbons (Fsp3) is 0.632. The minimum atomic E-state index is -0.0417. The third-order valence-electron chi connectivity index (χ3n) is 5.01. The number of nitrogens with zero attached hydrogens (tertiary/aromatic N) is 2. The van der Waals surface area contributed by atoms with E-state index in [-0.39, 0.29) is 6.03 Å². The lowest BCUT2D eigenvalue weighted by Gasteiger charge is -2.22. The van der Waals surface area contributed by atoms with Crippen LogP contribution in [0.2, 0.25) is 0 Å². The molecule has 1 saturated heterocycles. The highest BCUT2D eigenvalue weighted by Gasteiger charge is 2.22. The Hall–Kier alpha value is -1.75. The van der Waals surface area contributed by atoms with E-state index in [1.54, 1.807) is 4.90 Å². The van der Waals surface area contributed by atoms with Crippen molar-refractivity contribution in [2.45, 2.75) is 32.6 Å². The van der Waals surface area contributed by atoms with Crippen molar-refractivity contribution in [1.82, 2.24) is 4.90 Å². The standard InChI is InChI=1S/C19H29N3O2/c1-3-4-9-22-10-7-16-5-6-17(12-18(16)22)20-19(23)21(2)13-15-8-11-24-14-15/h5-6,12,15H,3-4,7-11,13-14H2,1-2H3,(H,20,23)/t15-/m0/s1. The molecule has 1 atom stereocenters. The molecule has 1 aromatic rings. The van der Waals surface area contributed by atoms with Crippen LogP contribution in [0.4, 0.5) is 16.2 Å². The molecule has 1 fully saturated rings. The Morgan fingerprint density at radius 2 is 2.33 bits per heavy atom. The summed E-state index contributed by atoms with van der Waals surface area (Å²) in [5.41, 5.74) is 3.56. The summed E-state index contributed by atoms with van der Waals surface area (Å²) in [6.45, 7) is 6.75. The lowest BCUT2D eigenvalue weighted by molar-refractivity contribution is 0.175. The van der Waals surface area contributed by atoms with Gasteiger partial charge < -0.3 is 19.9 Å². The van der Waals surface area contributed by atoms with E-state index in [0.29, 0.717) is 5.92 Å². The molecule has 0 unspecified atom stereocenters. The average Bonchev–Trinajstić information content (AvgIpc) is 3.22. The van der Waals surface area contributed by atoms with E-state index in [9.17, 15) is 4.79 Å². The summed E-state index contributed by atoms with van der Waals surface area (Å²) in [5.74, 6) is 0.463. The number of fused-ring (bicyclic) bond motifs is 1. The van der Waals surface area contributed by atoms with Gasteiger partial charge in [0.2, 0.25) is 0 Å². The van der Waals surface area contributed by atoms with Gasteiger partial charge in [-0.3, -0.25) is 0 Å². The number of carbonyl (C=O) groups is 1. The van der Waals surface area contributed by atoms with Crippen LogP contribution in [0.15, 0.2) is 18.2 Å². The lowest BCUT2D eigenvalue weighted by Crippen LogP contribution is -2.35. The smallest absolute Gasteiger partial charge is 0.321 e. The Labute approximate surface area is 145 Å². The number of nitrogens with one attached hydrogen (secondary N) is 1. The molecule has 5 heteroatoms. The van der Waals surface area contributed by atoms with Crippen LogP contribution < -0.4 is 10.2 Å². The van der Waals surface area contributed by atoms with E-state index in [0.717, 1.165) is 51.4 Å². The molecule has 3 rings (SSSR count). The summed E-state index contributed by atoms with van der Waals surface area (Å²) < 4.78 is 5.39. The maximum atomic E-state index is 12.4. The fourth-order valence-corrected chi connectivity index (χ4v) is 3.52. The minimum absolute atomic E-state index is 0.0417. The van der Waals surface area contributed by atoms with E-state index in [1.165, 1.54) is 24.1 Å². The summed E-state index contributed by atoms with van der Waals surface area (Å²) in [6.07, 6.45) is 4.57. The molecule has 2 aliphatic rings. The molecule has 2 aliphatic heterocycles. The number of anilines is 2. The van der Waals surface area contributed by atoms with Crippen molar-refractivity contribution < 1.29 is 9.53 Å². The van der Waals surface area contributed by atoms with Gasteiger partial charge in [0.05, 0.1) is 6.61 Å². The summed E-state index contributed by atoms with van der Waals surface area (Å²) in [4.78, 5) is 16.6. The van der Waals surface area contributed by atoms with Crippen LogP contribution in [0.1, 0.15) is 31.7 Å². The summed E-state index contributed by atoms with van der Waals surface area (Å²) >= 11 is 0. The predicted octanol–water partition coefficient (Wildman–Crippen LogP) is 3.35. The average molecular weight is 331 g/mol. The summed E-state index contributed by atoms with van der Waals surface area (Å²) in [6, 6.07) is 6.26. The highest BCUT2D eigenvalue weighted by atomic mass is 16.5. The van der Waals surface area contributed by atoms with E-state index < -0.39 is 0 Å². The number of ether oxygens (including phenoxy) is 1. The first-order valence-corrected chi connectivity index (χ1v) is 9.15. The summed E-state index contributed by atoms with van der Waals surface area (Å²) in [5, 5.41) is 3.04. The van der Waals surface area contributed by atoms with E-state index in [4.69, 9.17) is 4.74 Å². The van der Waals surface area contributed by atoms with E-state index in [2.05, 4.69) is 29.3 Å². The molecule has 1 aromatic carbocycles. The molecule has 0 radical (unpaired) electrons. The first-order valence-electron chi connectivity index (χ1n) is 9.15. The fourth-order valence-electron chi connectivity index (χ4n) is 3.52. The first kappa shape index (κ1) is 17.1. The molecule has 24 heavy (non-hydrogen) atoms. The van der Waals surface area contributed by atoms with Gasteiger partial charge in [-0.2, -0.15) is 0 Å². The van der Waals surface area contributed by atoms with Crippen molar-refractivity contribution in [3.63, 3.8) is 0 Å². The van der Waals surface area contributed by atoms with Crippen molar-refractivity contribution in [3.05, 3.63) is 23.8 Å². The number of hydrogen-bond donors (Lipinski definition) is 1. The normalized spacial score (nSPS) is 19.4. The molecule has 0 spiro atoms. The van der Waals surface area contributed by atoms with Gasteiger partial charge in [0, 0.05) is 50.6 Å². The number of benzene rings is 1. The molecule has 0 saturated carbocycles. The van der Waals surface area contributed by atoms with E-state index in [1.807, 2.05) is 13.1 Å². The molecule has 2 amide bonds. The third kappa shape index (κ3) is 4.01. The van der Waals surface area contributed by atoms with Crippen LogP contribution in [-0.2, 0) is 11.2 Å². The number of rotatable bonds is 6. The second-order valence-corrected chi connectivity index (χ2v) is 6.97. The van der Waals surface area contributed by atoms with Crippen LogP contribution in [0.3, 0.4) is 0 Å². The van der Waals surface area contributed by atoms with Crippen LogP contribution in [0.25, 0.3) is 0 Å². The SMILES string of the molecule is CCCCN1CCc2ccc(NC(=O)N(C)C[C@@H]3CCOC3)cc21. The lowest BCUT2D eigenvalue weighted by atomic mass is 10.1. The number of carbonyl (C=O) groups excluding carboxylic acids is 1. The highest BCUT2D eigenvalue weighted by molar-refractivity contribution is 5.90. The second kappa shape index (κ2) is 7.88. The molecule has 132 valence electrons. The monoisotopic (exact) mass is 331 g/mol. The number of unbranched alkanes of at least 4 members (excludes halogenated alkanes) is 1. The van der Waals surface area contributed by atoms with Crippen LogP contribution in [0, 0.1) is 5.92 Å². The largest absolute Gasteiger partial charge is 0.381 e. The van der Waals surface area contributed by atoms with Crippen molar-refractivity contribution in [1.29, 1.82) is 0 Å². The Morgan fingerprint density at radius 1 is 1.46 bits per heavy atom. The van der Waals surface area contributed by atoms with Crippen molar-refractivity contribution in [2.24, 2.45) is 5.92 Å². The zero-order chi connectivity index (χ0) is 16.9. The predicted molar refractivity (Wildman–Crippen MR) is 97.8 cm³/mol. The van der Waals surface area contributed by atoms with Gasteiger partial charge in [0.1, 0.15) is 0 Å². The Bertz CT molecular complexity index is 570. The molecule has 5 nitrogen and oxygen atoms in total. The van der Waals surface area contributed by atoms with Crippen molar-refractivity contribution in [2.75, 3.05) is 50.1 Å². The Morgan fingerprint density at radius 3 is 3.08 bits per heavy atom. The molecule has 1 N–H and O–H groups in total. The quantitative estimate of drug-likeness (QED) is 0.869. The van der Waals surface area contributed by atoms with Gasteiger partial charge in [-0.1, -0.05) is 19.4 Å². The van der Waals surface area contributed by atoms with Crippen LogP contribution in [0.5, 0.6) is 0 Å². The highest BCUT2D eigenvalue weighted by Crippen LogP contribution is 2.31. The van der Waals surface area contributed by atoms with Gasteiger partial charge >= 0.3 is 6.03 Å². The van der Waals surface area contributed by atoms with Crippen LogP contribution >= 0.6 is 0 Å². The zero-order valence-electron chi connectivity index (χ0n) is 14.9. The van der Waals surface area contributed by atoms with Gasteiger partial charge in [0.25, 0.3) is 0 Å². The van der Waals surface area contributed by atoms with Crippen LogP contribution in [-0.4, -0.2) is 50.8 Å². The second-order valence-electron chi connectivity index (χ2n) is 6.97. The summed E-state index contributed by atoms with van der Waals surface area (Å²) in [7, 11) is 1.86. The van der Waals surface area contributed by atoms with E-state index >= 15 is 0 Å². The molecular formula is C19H29N3O2. The van der Waals surface area contributed by atoms with Crippen molar-refractivity contribution in [3.8, 4) is 0 Å². The molecule has 0 bridgehead atoms. The number of hydrogen-bond acceptors (Lipinski definition) is 3. The zero-order valence-corrected chi connectivity index (χ0v) is 14.9. The minimum Gasteiger partial charge on any atom is -0.381 e. The maximum Gasteiger partial charge on any atom is 0.321 e. The molecule has 0 aliphatic carbocycles. The first-order chi connectivity index (χ1) is 11.7. The maximum absolute atomic E-state index is 12.4. The molecule has 0 aromatic heterocycles. The third-order valence-corrected chi connectivity index (χ3v) is 5.01. The molecule has 2 heterocycles. The van der Waals surface area contributed by atoms with Gasteiger partial charge in [-0.15, -0.1) is 0 Å².